The first-order valence-electron chi connectivity index (χ1n) is 5.83. The summed E-state index contributed by atoms with van der Waals surface area (Å²) in [4.78, 5) is 4.39. The number of hydrogen-bond acceptors (Lipinski definition) is 4. The number of fused-ring (bicyclic) bond motifs is 1. The normalized spacial score (nSPS) is 12.6. The van der Waals surface area contributed by atoms with Gasteiger partial charge in [0, 0.05) is 28.3 Å². The summed E-state index contributed by atoms with van der Waals surface area (Å²) in [5, 5.41) is 13.4. The summed E-state index contributed by atoms with van der Waals surface area (Å²) in [6, 6.07) is 5.74. The molecule has 0 radical (unpaired) electrons. The quantitative estimate of drug-likeness (QED) is 0.759. The van der Waals surface area contributed by atoms with Gasteiger partial charge in [0.2, 0.25) is 0 Å². The molecule has 2 rings (SSSR count). The number of benzene rings is 1. The molecule has 0 bridgehead atoms. The summed E-state index contributed by atoms with van der Waals surface area (Å²) in [6.07, 6.45) is 2.14. The molecular formula is C13H16BrN3O. The Morgan fingerprint density at radius 2 is 2.28 bits per heavy atom. The maximum atomic E-state index is 9.24. The molecule has 18 heavy (non-hydrogen) atoms. The van der Waals surface area contributed by atoms with Crippen molar-refractivity contribution in [2.24, 2.45) is 0 Å². The van der Waals surface area contributed by atoms with Crippen molar-refractivity contribution >= 4 is 38.2 Å². The summed E-state index contributed by atoms with van der Waals surface area (Å²) >= 11 is 3.39. The van der Waals surface area contributed by atoms with Crippen molar-refractivity contribution in [3.8, 4) is 0 Å². The lowest BCUT2D eigenvalue weighted by molar-refractivity contribution is 0.189. The van der Waals surface area contributed by atoms with Crippen molar-refractivity contribution in [1.82, 2.24) is 4.98 Å². The fourth-order valence-corrected chi connectivity index (χ4v) is 2.11. The molecule has 4 nitrogen and oxygen atoms in total. The van der Waals surface area contributed by atoms with Gasteiger partial charge in [-0.3, -0.25) is 4.98 Å². The van der Waals surface area contributed by atoms with Crippen molar-refractivity contribution in [3.63, 3.8) is 0 Å². The van der Waals surface area contributed by atoms with E-state index in [1.807, 2.05) is 18.2 Å². The summed E-state index contributed by atoms with van der Waals surface area (Å²) in [5.41, 5.74) is 8.44. The van der Waals surface area contributed by atoms with Crippen LogP contribution >= 0.6 is 15.9 Å². The second-order valence-electron chi connectivity index (χ2n) is 4.32. The summed E-state index contributed by atoms with van der Waals surface area (Å²) in [7, 11) is 0. The Kier molecular flexibility index (Phi) is 4.04. The van der Waals surface area contributed by atoms with Crippen molar-refractivity contribution in [3.05, 3.63) is 28.9 Å². The minimum Gasteiger partial charge on any atom is -0.398 e. The Balaban J connectivity index is 2.31. The molecule has 96 valence electrons. The van der Waals surface area contributed by atoms with E-state index in [-0.39, 0.29) is 6.10 Å². The average Bonchev–Trinajstić information content (AvgIpc) is 2.32. The lowest BCUT2D eigenvalue weighted by Crippen LogP contribution is -2.10. The Morgan fingerprint density at radius 1 is 1.50 bits per heavy atom. The van der Waals surface area contributed by atoms with Crippen LogP contribution in [0.4, 0.5) is 11.4 Å². The molecule has 0 amide bonds. The Morgan fingerprint density at radius 3 is 3.00 bits per heavy atom. The van der Waals surface area contributed by atoms with Crippen LogP contribution < -0.4 is 11.1 Å². The molecule has 0 aliphatic rings. The highest BCUT2D eigenvalue weighted by molar-refractivity contribution is 9.10. The van der Waals surface area contributed by atoms with Gasteiger partial charge in [-0.2, -0.15) is 0 Å². The third-order valence-corrected chi connectivity index (χ3v) is 3.16. The number of aliphatic hydroxyl groups excluding tert-OH is 1. The number of nitrogens with one attached hydrogen (secondary N) is 1. The molecule has 1 unspecified atom stereocenters. The molecule has 0 saturated heterocycles. The van der Waals surface area contributed by atoms with Gasteiger partial charge >= 0.3 is 0 Å². The van der Waals surface area contributed by atoms with E-state index >= 15 is 0 Å². The number of hydrogen-bond donors (Lipinski definition) is 3. The number of aromatic nitrogens is 1. The molecule has 0 saturated carbocycles. The van der Waals surface area contributed by atoms with Crippen LogP contribution in [0, 0.1) is 0 Å². The standard InChI is InChI=1S/C13H16BrN3O/c1-8(18)4-5-16-12-3-2-11(15)10-6-9(14)7-17-13(10)12/h2-3,6-8,16,18H,4-5,15H2,1H3. The highest BCUT2D eigenvalue weighted by Crippen LogP contribution is 2.28. The van der Waals surface area contributed by atoms with E-state index in [4.69, 9.17) is 5.73 Å². The number of aliphatic hydroxyl groups is 1. The molecule has 1 aromatic heterocycles. The van der Waals surface area contributed by atoms with Gasteiger partial charge < -0.3 is 16.2 Å². The van der Waals surface area contributed by atoms with Gasteiger partial charge in [0.25, 0.3) is 0 Å². The predicted molar refractivity (Wildman–Crippen MR) is 78.6 cm³/mol. The largest absolute Gasteiger partial charge is 0.398 e. The molecular weight excluding hydrogens is 294 g/mol. The number of anilines is 2. The first kappa shape index (κ1) is 13.1. The van der Waals surface area contributed by atoms with Gasteiger partial charge in [0.05, 0.1) is 17.3 Å². The molecule has 1 heterocycles. The molecule has 0 spiro atoms. The summed E-state index contributed by atoms with van der Waals surface area (Å²) < 4.78 is 0.905. The Hall–Kier alpha value is -1.33. The third-order valence-electron chi connectivity index (χ3n) is 2.73. The molecule has 2 aromatic rings. The van der Waals surface area contributed by atoms with Gasteiger partial charge in [-0.15, -0.1) is 0 Å². The highest BCUT2D eigenvalue weighted by atomic mass is 79.9. The molecule has 0 fully saturated rings. The number of halogens is 1. The van der Waals surface area contributed by atoms with E-state index in [0.717, 1.165) is 21.1 Å². The van der Waals surface area contributed by atoms with Crippen LogP contribution in [0.25, 0.3) is 10.9 Å². The number of nitrogens with zero attached hydrogens (tertiary/aromatic N) is 1. The second-order valence-corrected chi connectivity index (χ2v) is 5.23. The van der Waals surface area contributed by atoms with E-state index < -0.39 is 0 Å². The molecule has 5 heteroatoms. The third kappa shape index (κ3) is 2.91. The lowest BCUT2D eigenvalue weighted by Gasteiger charge is -2.11. The van der Waals surface area contributed by atoms with E-state index in [2.05, 4.69) is 26.2 Å². The SMILES string of the molecule is CC(O)CCNc1ccc(N)c2cc(Br)cnc12. The fourth-order valence-electron chi connectivity index (χ4n) is 1.77. The smallest absolute Gasteiger partial charge is 0.0954 e. The number of pyridine rings is 1. The van der Waals surface area contributed by atoms with E-state index in [1.54, 1.807) is 13.1 Å². The number of nitrogen functional groups attached to an aromatic ring is 1. The van der Waals surface area contributed by atoms with Crippen molar-refractivity contribution in [2.45, 2.75) is 19.4 Å². The lowest BCUT2D eigenvalue weighted by atomic mass is 10.1. The van der Waals surface area contributed by atoms with Crippen LogP contribution in [0.2, 0.25) is 0 Å². The van der Waals surface area contributed by atoms with Crippen LogP contribution in [-0.4, -0.2) is 22.7 Å². The summed E-state index contributed by atoms with van der Waals surface area (Å²) in [6.45, 7) is 2.48. The zero-order valence-corrected chi connectivity index (χ0v) is 11.7. The minimum absolute atomic E-state index is 0.306. The second kappa shape index (κ2) is 5.54. The first-order valence-corrected chi connectivity index (χ1v) is 6.63. The van der Waals surface area contributed by atoms with Crippen LogP contribution in [0.15, 0.2) is 28.9 Å². The van der Waals surface area contributed by atoms with Crippen molar-refractivity contribution in [1.29, 1.82) is 0 Å². The molecule has 4 N–H and O–H groups in total. The molecule has 1 aromatic carbocycles. The van der Waals surface area contributed by atoms with Crippen molar-refractivity contribution in [2.75, 3.05) is 17.6 Å². The van der Waals surface area contributed by atoms with Crippen LogP contribution in [0.1, 0.15) is 13.3 Å². The van der Waals surface area contributed by atoms with Gasteiger partial charge in [0.15, 0.2) is 0 Å². The number of nitrogens with two attached hydrogens (primary N) is 1. The van der Waals surface area contributed by atoms with Gasteiger partial charge in [0.1, 0.15) is 0 Å². The van der Waals surface area contributed by atoms with Crippen molar-refractivity contribution < 1.29 is 5.11 Å². The monoisotopic (exact) mass is 309 g/mol. The summed E-state index contributed by atoms with van der Waals surface area (Å²) in [5.74, 6) is 0. The zero-order valence-electron chi connectivity index (χ0n) is 10.2. The topological polar surface area (TPSA) is 71.2 Å². The van der Waals surface area contributed by atoms with E-state index in [1.165, 1.54) is 0 Å². The maximum Gasteiger partial charge on any atom is 0.0954 e. The highest BCUT2D eigenvalue weighted by Gasteiger charge is 2.06. The number of rotatable bonds is 4. The molecule has 1 atom stereocenters. The molecule has 0 aliphatic heterocycles. The van der Waals surface area contributed by atoms with E-state index in [0.29, 0.717) is 18.7 Å². The predicted octanol–water partition coefficient (Wildman–Crippen LogP) is 2.76. The zero-order chi connectivity index (χ0) is 13.1. The van der Waals surface area contributed by atoms with Crippen LogP contribution in [0.5, 0.6) is 0 Å². The van der Waals surface area contributed by atoms with Gasteiger partial charge in [-0.1, -0.05) is 0 Å². The maximum absolute atomic E-state index is 9.24. The van der Waals surface area contributed by atoms with Crippen LogP contribution in [0.3, 0.4) is 0 Å². The Bertz CT molecular complexity index is 557. The first-order chi connectivity index (χ1) is 8.58. The average molecular weight is 310 g/mol. The Labute approximate surface area is 114 Å². The fraction of sp³-hybridized carbons (Fsp3) is 0.308. The van der Waals surface area contributed by atoms with E-state index in [9.17, 15) is 5.11 Å². The minimum atomic E-state index is -0.306. The molecule has 0 aliphatic carbocycles. The van der Waals surface area contributed by atoms with Gasteiger partial charge in [-0.25, -0.2) is 0 Å². The van der Waals surface area contributed by atoms with Crippen LogP contribution in [-0.2, 0) is 0 Å². The van der Waals surface area contributed by atoms with Gasteiger partial charge in [-0.05, 0) is 47.5 Å².